The van der Waals surface area contributed by atoms with Crippen molar-refractivity contribution in [2.75, 3.05) is 6.54 Å². The second-order valence-corrected chi connectivity index (χ2v) is 5.73. The van der Waals surface area contributed by atoms with Crippen LogP contribution in [0.1, 0.15) is 32.0 Å². The minimum Gasteiger partial charge on any atom is -0.380 e. The lowest BCUT2D eigenvalue weighted by atomic mass is 10.00. The van der Waals surface area contributed by atoms with Gasteiger partial charge in [-0.05, 0) is 32.1 Å². The van der Waals surface area contributed by atoms with E-state index in [4.69, 9.17) is 0 Å². The van der Waals surface area contributed by atoms with Gasteiger partial charge in [0.2, 0.25) is 0 Å². The van der Waals surface area contributed by atoms with E-state index in [0.29, 0.717) is 12.4 Å². The number of aliphatic hydroxyl groups is 1. The maximum atomic E-state index is 12.7. The molecular weight excluding hydrogens is 315 g/mol. The first-order valence-corrected chi connectivity index (χ1v) is 7.42. The highest BCUT2D eigenvalue weighted by atomic mass is 19.4. The first-order chi connectivity index (χ1) is 10.7. The van der Waals surface area contributed by atoms with Crippen molar-refractivity contribution in [1.29, 1.82) is 0 Å². The summed E-state index contributed by atoms with van der Waals surface area (Å²) in [7, 11) is 0. The summed E-state index contributed by atoms with van der Waals surface area (Å²) in [6, 6.07) is -0.488. The molecule has 10 heteroatoms. The highest BCUT2D eigenvalue weighted by Crippen LogP contribution is 2.45. The Balaban J connectivity index is 1.73. The number of alkyl halides is 3. The van der Waals surface area contributed by atoms with Gasteiger partial charge in [0.25, 0.3) is 0 Å². The van der Waals surface area contributed by atoms with Crippen molar-refractivity contribution in [2.45, 2.75) is 51.1 Å². The zero-order valence-corrected chi connectivity index (χ0v) is 12.7. The molecule has 1 aliphatic rings. The summed E-state index contributed by atoms with van der Waals surface area (Å²) < 4.78 is 39.9. The van der Waals surface area contributed by atoms with Crippen molar-refractivity contribution in [2.24, 2.45) is 5.92 Å². The highest BCUT2D eigenvalue weighted by molar-refractivity contribution is 5.73. The van der Waals surface area contributed by atoms with E-state index in [9.17, 15) is 23.1 Å². The van der Waals surface area contributed by atoms with Gasteiger partial charge < -0.3 is 20.3 Å². The molecule has 23 heavy (non-hydrogen) atoms. The number of rotatable bonds is 5. The number of aryl methyl sites for hydroxylation is 1. The van der Waals surface area contributed by atoms with Gasteiger partial charge in [0, 0.05) is 13.1 Å². The minimum absolute atomic E-state index is 0.0880. The first-order valence-electron chi connectivity index (χ1n) is 7.42. The Bertz CT molecular complexity index is 548. The lowest BCUT2D eigenvalue weighted by molar-refractivity contribution is -0.258. The molecule has 2 rings (SSSR count). The number of urea groups is 1. The summed E-state index contributed by atoms with van der Waals surface area (Å²) in [6.45, 7) is 2.85. The van der Waals surface area contributed by atoms with Crippen LogP contribution in [0.5, 0.6) is 0 Å². The summed E-state index contributed by atoms with van der Waals surface area (Å²) in [5.41, 5.74) is -2.63. The molecule has 1 heterocycles. The fraction of sp³-hybridized carbons (Fsp3) is 0.769. The van der Waals surface area contributed by atoms with Gasteiger partial charge in [0.1, 0.15) is 6.33 Å². The van der Waals surface area contributed by atoms with Crippen molar-refractivity contribution >= 4 is 6.03 Å². The number of hydrogen-bond donors (Lipinski definition) is 3. The van der Waals surface area contributed by atoms with Crippen LogP contribution >= 0.6 is 0 Å². The molecule has 1 aromatic rings. The van der Waals surface area contributed by atoms with Gasteiger partial charge in [-0.3, -0.25) is 0 Å². The SMILES string of the molecule is CCn1cnnc1CNC(=O)NCC1CCC(O)(C(F)(F)F)C1. The van der Waals surface area contributed by atoms with E-state index in [-0.39, 0.29) is 32.4 Å². The van der Waals surface area contributed by atoms with E-state index < -0.39 is 23.7 Å². The quantitative estimate of drug-likeness (QED) is 0.754. The molecule has 1 fully saturated rings. The van der Waals surface area contributed by atoms with E-state index in [2.05, 4.69) is 20.8 Å². The standard InChI is InChI=1S/C13H20F3N5O2/c1-2-21-8-19-20-10(21)7-18-11(22)17-6-9-3-4-12(23,5-9)13(14,15)16/h8-9,23H,2-7H2,1H3,(H2,17,18,22). The molecular formula is C13H20F3N5O2. The summed E-state index contributed by atoms with van der Waals surface area (Å²) >= 11 is 0. The lowest BCUT2D eigenvalue weighted by Gasteiger charge is -2.25. The molecule has 1 aromatic heterocycles. The number of aromatic nitrogens is 3. The Morgan fingerprint density at radius 3 is 2.87 bits per heavy atom. The molecule has 1 aliphatic carbocycles. The molecule has 0 aromatic carbocycles. The third kappa shape index (κ3) is 4.12. The molecule has 7 nitrogen and oxygen atoms in total. The van der Waals surface area contributed by atoms with Gasteiger partial charge >= 0.3 is 12.2 Å². The summed E-state index contributed by atoms with van der Waals surface area (Å²) in [6.07, 6.45) is -3.58. The predicted octanol–water partition coefficient (Wildman–Crippen LogP) is 1.19. The monoisotopic (exact) mass is 335 g/mol. The molecule has 0 saturated heterocycles. The zero-order valence-electron chi connectivity index (χ0n) is 12.7. The van der Waals surface area contributed by atoms with Crippen LogP contribution in [0.3, 0.4) is 0 Å². The van der Waals surface area contributed by atoms with Gasteiger partial charge in [-0.15, -0.1) is 10.2 Å². The molecule has 130 valence electrons. The fourth-order valence-corrected chi connectivity index (χ4v) is 2.70. The normalized spacial score (nSPS) is 24.7. The molecule has 2 atom stereocenters. The number of carbonyl (C=O) groups is 1. The van der Waals surface area contributed by atoms with E-state index >= 15 is 0 Å². The average Bonchev–Trinajstić information content (AvgIpc) is 3.09. The highest BCUT2D eigenvalue weighted by Gasteiger charge is 2.56. The Kier molecular flexibility index (Phi) is 5.12. The van der Waals surface area contributed by atoms with Crippen molar-refractivity contribution in [3.8, 4) is 0 Å². The van der Waals surface area contributed by atoms with Gasteiger partial charge in [0.05, 0.1) is 6.54 Å². The topological polar surface area (TPSA) is 92.1 Å². The second-order valence-electron chi connectivity index (χ2n) is 5.73. The van der Waals surface area contributed by atoms with Crippen LogP contribution < -0.4 is 10.6 Å². The van der Waals surface area contributed by atoms with Crippen molar-refractivity contribution < 1.29 is 23.1 Å². The number of nitrogens with zero attached hydrogens (tertiary/aromatic N) is 3. The van der Waals surface area contributed by atoms with Gasteiger partial charge in [0.15, 0.2) is 11.4 Å². The van der Waals surface area contributed by atoms with Crippen LogP contribution in [0.15, 0.2) is 6.33 Å². The molecule has 0 radical (unpaired) electrons. The maximum absolute atomic E-state index is 12.7. The number of hydrogen-bond acceptors (Lipinski definition) is 4. The van der Waals surface area contributed by atoms with Crippen LogP contribution in [0, 0.1) is 5.92 Å². The van der Waals surface area contributed by atoms with Crippen LogP contribution in [-0.4, -0.2) is 44.2 Å². The molecule has 2 amide bonds. The van der Waals surface area contributed by atoms with Crippen molar-refractivity contribution in [3.05, 3.63) is 12.2 Å². The Morgan fingerprint density at radius 2 is 2.26 bits per heavy atom. The summed E-state index contributed by atoms with van der Waals surface area (Å²) in [5.74, 6) is 0.196. The zero-order chi connectivity index (χ0) is 17.1. The lowest BCUT2D eigenvalue weighted by Crippen LogP contribution is -2.43. The molecule has 3 N–H and O–H groups in total. The largest absolute Gasteiger partial charge is 0.417 e. The van der Waals surface area contributed by atoms with Gasteiger partial charge in [-0.2, -0.15) is 13.2 Å². The van der Waals surface area contributed by atoms with Gasteiger partial charge in [-0.25, -0.2) is 4.79 Å². The molecule has 1 saturated carbocycles. The molecule has 0 aliphatic heterocycles. The maximum Gasteiger partial charge on any atom is 0.417 e. The van der Waals surface area contributed by atoms with Crippen LogP contribution in [0.2, 0.25) is 0 Å². The van der Waals surface area contributed by atoms with E-state index in [0.717, 1.165) is 0 Å². The predicted molar refractivity (Wildman–Crippen MR) is 74.3 cm³/mol. The Hall–Kier alpha value is -1.84. The number of nitrogens with one attached hydrogen (secondary N) is 2. The van der Waals surface area contributed by atoms with Crippen LogP contribution in [-0.2, 0) is 13.1 Å². The van der Waals surface area contributed by atoms with E-state index in [1.165, 1.54) is 0 Å². The van der Waals surface area contributed by atoms with Crippen LogP contribution in [0.4, 0.5) is 18.0 Å². The van der Waals surface area contributed by atoms with Crippen molar-refractivity contribution in [3.63, 3.8) is 0 Å². The number of amides is 2. The van der Waals surface area contributed by atoms with E-state index in [1.807, 2.05) is 6.92 Å². The molecule has 0 bridgehead atoms. The summed E-state index contributed by atoms with van der Waals surface area (Å²) in [4.78, 5) is 11.7. The molecule has 0 spiro atoms. The Labute approximate surface area is 131 Å². The van der Waals surface area contributed by atoms with Crippen LogP contribution in [0.25, 0.3) is 0 Å². The van der Waals surface area contributed by atoms with Crippen molar-refractivity contribution in [1.82, 2.24) is 25.4 Å². The Morgan fingerprint density at radius 1 is 1.52 bits per heavy atom. The number of carbonyl (C=O) groups excluding carboxylic acids is 1. The third-order valence-electron chi connectivity index (χ3n) is 4.11. The minimum atomic E-state index is -4.63. The van der Waals surface area contributed by atoms with Gasteiger partial charge in [-0.1, -0.05) is 0 Å². The second kappa shape index (κ2) is 6.73. The third-order valence-corrected chi connectivity index (χ3v) is 4.11. The van der Waals surface area contributed by atoms with E-state index in [1.54, 1.807) is 10.9 Å². The summed E-state index contributed by atoms with van der Waals surface area (Å²) in [5, 5.41) is 22.3. The first kappa shape index (κ1) is 17.5. The number of halogens is 3. The fourth-order valence-electron chi connectivity index (χ4n) is 2.70. The molecule has 2 unspecified atom stereocenters. The smallest absolute Gasteiger partial charge is 0.380 e. The average molecular weight is 335 g/mol.